The molecular formula is C13H13Cl2FN2S2. The number of halogens is 3. The Bertz CT molecular complexity index is 626. The average Bonchev–Trinajstić information content (AvgIpc) is 2.78. The van der Waals surface area contributed by atoms with Gasteiger partial charge in [0.2, 0.25) is 0 Å². The van der Waals surface area contributed by atoms with Gasteiger partial charge < -0.3 is 4.57 Å². The minimum Gasteiger partial charge on any atom is -0.326 e. The zero-order valence-corrected chi connectivity index (χ0v) is 13.8. The highest BCUT2D eigenvalue weighted by atomic mass is 35.5. The molecule has 1 aliphatic rings. The van der Waals surface area contributed by atoms with Crippen LogP contribution >= 0.6 is 46.7 Å². The first-order valence-corrected chi connectivity index (χ1v) is 9.40. The van der Waals surface area contributed by atoms with E-state index in [-0.39, 0.29) is 5.02 Å². The molecule has 0 aliphatic carbocycles. The number of nitrogens with zero attached hydrogens (tertiary/aromatic N) is 2. The third-order valence-corrected chi connectivity index (χ3v) is 6.62. The van der Waals surface area contributed by atoms with Gasteiger partial charge in [-0.15, -0.1) is 11.6 Å². The Morgan fingerprint density at radius 1 is 1.40 bits per heavy atom. The van der Waals surface area contributed by atoms with Gasteiger partial charge in [-0.2, -0.15) is 23.5 Å². The summed E-state index contributed by atoms with van der Waals surface area (Å²) in [7, 11) is 0. The van der Waals surface area contributed by atoms with Crippen LogP contribution in [0.3, 0.4) is 0 Å². The quantitative estimate of drug-likeness (QED) is 0.763. The van der Waals surface area contributed by atoms with Crippen LogP contribution in [0.4, 0.5) is 4.39 Å². The fraction of sp³-hybridized carbons (Fsp3) is 0.462. The normalized spacial score (nSPS) is 19.6. The second-order valence-corrected chi connectivity index (χ2v) is 7.83. The molecule has 0 radical (unpaired) electrons. The minimum atomic E-state index is -0.410. The van der Waals surface area contributed by atoms with Gasteiger partial charge >= 0.3 is 0 Å². The van der Waals surface area contributed by atoms with Crippen molar-refractivity contribution in [2.24, 2.45) is 0 Å². The maximum atomic E-state index is 13.7. The highest BCUT2D eigenvalue weighted by molar-refractivity contribution is 8.06. The Labute approximate surface area is 135 Å². The number of hydrogen-bond acceptors (Lipinski definition) is 3. The fourth-order valence-electron chi connectivity index (χ4n) is 2.32. The van der Waals surface area contributed by atoms with E-state index in [2.05, 4.69) is 4.98 Å². The van der Waals surface area contributed by atoms with Crippen LogP contribution in [0.15, 0.2) is 12.1 Å². The van der Waals surface area contributed by atoms with Gasteiger partial charge in [0, 0.05) is 35.1 Å². The van der Waals surface area contributed by atoms with E-state index in [4.69, 9.17) is 23.2 Å². The van der Waals surface area contributed by atoms with Gasteiger partial charge in [0.1, 0.15) is 11.6 Å². The summed E-state index contributed by atoms with van der Waals surface area (Å²) in [5, 5.41) is 0.623. The van der Waals surface area contributed by atoms with Crippen LogP contribution in [-0.2, 0) is 12.4 Å². The van der Waals surface area contributed by atoms with Gasteiger partial charge in [0.15, 0.2) is 0 Å². The smallest absolute Gasteiger partial charge is 0.144 e. The van der Waals surface area contributed by atoms with Crippen molar-refractivity contribution >= 4 is 57.8 Å². The summed E-state index contributed by atoms with van der Waals surface area (Å²) in [6.07, 6.45) is 0. The Morgan fingerprint density at radius 2 is 2.25 bits per heavy atom. The predicted molar refractivity (Wildman–Crippen MR) is 87.8 cm³/mol. The molecular weight excluding hydrogens is 338 g/mol. The molecule has 1 aromatic carbocycles. The van der Waals surface area contributed by atoms with Crippen molar-refractivity contribution in [1.82, 2.24) is 9.55 Å². The van der Waals surface area contributed by atoms with Crippen LogP contribution in [0.25, 0.3) is 11.0 Å². The molecule has 2 nitrogen and oxygen atoms in total. The molecule has 2 aromatic rings. The fourth-order valence-corrected chi connectivity index (χ4v) is 5.34. The van der Waals surface area contributed by atoms with E-state index < -0.39 is 5.82 Å². The van der Waals surface area contributed by atoms with Gasteiger partial charge in [-0.3, -0.25) is 0 Å². The molecule has 7 heteroatoms. The average molecular weight is 351 g/mol. The standard InChI is InChI=1S/C13H13Cl2FN2S2/c14-5-13-17-11-3-9(15)10(16)4-12(11)18(13)6-8-7-19-1-2-20-8/h3-4,8H,1-2,5-7H2. The van der Waals surface area contributed by atoms with Gasteiger partial charge in [-0.05, 0) is 6.07 Å². The molecule has 3 rings (SSSR count). The summed E-state index contributed by atoms with van der Waals surface area (Å²) in [5.41, 5.74) is 1.49. The van der Waals surface area contributed by atoms with Crippen molar-refractivity contribution in [3.8, 4) is 0 Å². The summed E-state index contributed by atoms with van der Waals surface area (Å²) in [6, 6.07) is 3.03. The second-order valence-electron chi connectivity index (χ2n) is 4.60. The molecule has 0 N–H and O–H groups in total. The minimum absolute atomic E-state index is 0.103. The van der Waals surface area contributed by atoms with Crippen molar-refractivity contribution in [3.05, 3.63) is 28.8 Å². The lowest BCUT2D eigenvalue weighted by atomic mass is 10.3. The van der Waals surface area contributed by atoms with E-state index >= 15 is 0 Å². The van der Waals surface area contributed by atoms with Crippen molar-refractivity contribution in [2.75, 3.05) is 17.3 Å². The molecule has 1 unspecified atom stereocenters. The number of thioether (sulfide) groups is 2. The van der Waals surface area contributed by atoms with Crippen LogP contribution in [-0.4, -0.2) is 32.1 Å². The number of alkyl halides is 1. The van der Waals surface area contributed by atoms with E-state index in [1.54, 1.807) is 6.07 Å². The molecule has 2 heterocycles. The molecule has 20 heavy (non-hydrogen) atoms. The highest BCUT2D eigenvalue weighted by Crippen LogP contribution is 2.29. The number of hydrogen-bond donors (Lipinski definition) is 0. The van der Waals surface area contributed by atoms with Crippen LogP contribution in [0.2, 0.25) is 5.02 Å². The summed E-state index contributed by atoms with van der Waals surface area (Å²) in [4.78, 5) is 4.46. The summed E-state index contributed by atoms with van der Waals surface area (Å²) >= 11 is 15.7. The topological polar surface area (TPSA) is 17.8 Å². The van der Waals surface area contributed by atoms with E-state index in [0.717, 1.165) is 23.6 Å². The molecule has 1 aliphatic heterocycles. The molecule has 1 aromatic heterocycles. The maximum absolute atomic E-state index is 13.7. The monoisotopic (exact) mass is 350 g/mol. The number of rotatable bonds is 3. The van der Waals surface area contributed by atoms with Crippen LogP contribution in [0, 0.1) is 5.82 Å². The zero-order chi connectivity index (χ0) is 14.1. The lowest BCUT2D eigenvalue weighted by Gasteiger charge is -2.22. The Hall–Kier alpha value is -0.100. The van der Waals surface area contributed by atoms with Crippen molar-refractivity contribution in [3.63, 3.8) is 0 Å². The van der Waals surface area contributed by atoms with Gasteiger partial charge in [-0.1, -0.05) is 11.6 Å². The summed E-state index contributed by atoms with van der Waals surface area (Å²) in [6.45, 7) is 0.817. The summed E-state index contributed by atoms with van der Waals surface area (Å²) < 4.78 is 15.7. The van der Waals surface area contributed by atoms with E-state index in [1.807, 2.05) is 28.1 Å². The van der Waals surface area contributed by atoms with Gasteiger partial charge in [-0.25, -0.2) is 9.37 Å². The molecule has 0 saturated carbocycles. The summed E-state index contributed by atoms with van der Waals surface area (Å²) in [5.74, 6) is 4.17. The molecule has 1 saturated heterocycles. The number of fused-ring (bicyclic) bond motifs is 1. The second kappa shape index (κ2) is 6.34. The van der Waals surface area contributed by atoms with E-state index in [9.17, 15) is 4.39 Å². The zero-order valence-electron chi connectivity index (χ0n) is 10.6. The number of benzene rings is 1. The van der Waals surface area contributed by atoms with Crippen LogP contribution in [0.1, 0.15) is 5.82 Å². The Morgan fingerprint density at radius 3 is 2.95 bits per heavy atom. The maximum Gasteiger partial charge on any atom is 0.144 e. The van der Waals surface area contributed by atoms with E-state index in [1.165, 1.54) is 17.6 Å². The van der Waals surface area contributed by atoms with Gasteiger partial charge in [0.25, 0.3) is 0 Å². The highest BCUT2D eigenvalue weighted by Gasteiger charge is 2.19. The predicted octanol–water partition coefficient (Wildman–Crippen LogP) is 4.42. The molecule has 1 fully saturated rings. The SMILES string of the molecule is Fc1cc2c(cc1Cl)nc(CCl)n2CC1CSCCS1. The molecule has 0 amide bonds. The first-order valence-electron chi connectivity index (χ1n) is 6.28. The van der Waals surface area contributed by atoms with Crippen molar-refractivity contribution in [1.29, 1.82) is 0 Å². The third kappa shape index (κ3) is 2.91. The van der Waals surface area contributed by atoms with Gasteiger partial charge in [0.05, 0.1) is 21.9 Å². The molecule has 1 atom stereocenters. The largest absolute Gasteiger partial charge is 0.326 e. The first-order chi connectivity index (χ1) is 9.69. The van der Waals surface area contributed by atoms with E-state index in [0.29, 0.717) is 16.6 Å². The first kappa shape index (κ1) is 14.8. The number of aromatic nitrogens is 2. The van der Waals surface area contributed by atoms with Crippen LogP contribution < -0.4 is 0 Å². The van der Waals surface area contributed by atoms with Crippen LogP contribution in [0.5, 0.6) is 0 Å². The Kier molecular flexibility index (Phi) is 4.70. The molecule has 108 valence electrons. The molecule has 0 spiro atoms. The molecule has 0 bridgehead atoms. The Balaban J connectivity index is 2.00. The number of imidazole rings is 1. The lowest BCUT2D eigenvalue weighted by molar-refractivity contribution is 0.627. The third-order valence-electron chi connectivity index (χ3n) is 3.26. The lowest BCUT2D eigenvalue weighted by Crippen LogP contribution is -2.21. The van der Waals surface area contributed by atoms with Crippen molar-refractivity contribution in [2.45, 2.75) is 17.7 Å². The van der Waals surface area contributed by atoms with Crippen molar-refractivity contribution < 1.29 is 4.39 Å².